The molecular formula is C20H30N2O2. The Kier molecular flexibility index (Phi) is 6.03. The highest BCUT2D eigenvalue weighted by Crippen LogP contribution is 2.30. The molecular weight excluding hydrogens is 300 g/mol. The summed E-state index contributed by atoms with van der Waals surface area (Å²) in [5.74, 6) is -0.180. The zero-order chi connectivity index (χ0) is 17.7. The lowest BCUT2D eigenvalue weighted by atomic mass is 9.85. The fourth-order valence-electron chi connectivity index (χ4n) is 3.20. The van der Waals surface area contributed by atoms with Crippen molar-refractivity contribution in [3.63, 3.8) is 0 Å². The van der Waals surface area contributed by atoms with E-state index in [1.54, 1.807) is 0 Å². The number of unbranched alkanes of at least 4 members (excludes halogenated alkanes) is 2. The second kappa shape index (κ2) is 7.82. The number of nitrogens with zero attached hydrogens (tertiary/aromatic N) is 1. The number of benzene rings is 1. The van der Waals surface area contributed by atoms with Crippen molar-refractivity contribution in [3.05, 3.63) is 29.8 Å². The number of carbonyl (C=O) groups excluding carboxylic acids is 2. The van der Waals surface area contributed by atoms with Crippen LogP contribution in [0.4, 0.5) is 5.69 Å². The van der Waals surface area contributed by atoms with Crippen LogP contribution in [0.2, 0.25) is 0 Å². The van der Waals surface area contributed by atoms with Gasteiger partial charge in [-0.25, -0.2) is 0 Å². The third kappa shape index (κ3) is 4.59. The summed E-state index contributed by atoms with van der Waals surface area (Å²) in [5.41, 5.74) is 1.93. The third-order valence-electron chi connectivity index (χ3n) is 4.61. The SMILES string of the molecule is CCCCCN1CC(C(=O)Nc2ccccc2C(C)(C)C)CC1=O. The van der Waals surface area contributed by atoms with Crippen LogP contribution in [-0.4, -0.2) is 29.8 Å². The van der Waals surface area contributed by atoms with Crippen molar-refractivity contribution < 1.29 is 9.59 Å². The lowest BCUT2D eigenvalue weighted by Gasteiger charge is -2.23. The minimum absolute atomic E-state index is 0.0401. The molecule has 1 aromatic carbocycles. The molecule has 2 rings (SSSR count). The summed E-state index contributed by atoms with van der Waals surface area (Å²) in [6.45, 7) is 9.86. The van der Waals surface area contributed by atoms with Crippen molar-refractivity contribution in [1.82, 2.24) is 4.90 Å². The van der Waals surface area contributed by atoms with Gasteiger partial charge in [0, 0.05) is 25.2 Å². The van der Waals surface area contributed by atoms with Gasteiger partial charge in [0.2, 0.25) is 11.8 Å². The molecule has 1 unspecified atom stereocenters. The fourth-order valence-corrected chi connectivity index (χ4v) is 3.20. The van der Waals surface area contributed by atoms with Gasteiger partial charge in [0.15, 0.2) is 0 Å². The van der Waals surface area contributed by atoms with E-state index in [9.17, 15) is 9.59 Å². The number of amides is 2. The number of likely N-dealkylation sites (tertiary alicyclic amines) is 1. The lowest BCUT2D eigenvalue weighted by molar-refractivity contribution is -0.128. The smallest absolute Gasteiger partial charge is 0.229 e. The third-order valence-corrected chi connectivity index (χ3v) is 4.61. The van der Waals surface area contributed by atoms with Crippen LogP contribution in [0.1, 0.15) is 58.9 Å². The van der Waals surface area contributed by atoms with Gasteiger partial charge >= 0.3 is 0 Å². The van der Waals surface area contributed by atoms with Crippen LogP contribution in [0.25, 0.3) is 0 Å². The Morgan fingerprint density at radius 1 is 1.25 bits per heavy atom. The highest BCUT2D eigenvalue weighted by molar-refractivity contribution is 5.97. The average molecular weight is 330 g/mol. The number of nitrogens with one attached hydrogen (secondary N) is 1. The molecule has 1 heterocycles. The van der Waals surface area contributed by atoms with E-state index in [0.717, 1.165) is 37.1 Å². The summed E-state index contributed by atoms with van der Waals surface area (Å²) in [6, 6.07) is 7.91. The summed E-state index contributed by atoms with van der Waals surface area (Å²) >= 11 is 0. The number of rotatable bonds is 6. The average Bonchev–Trinajstić information content (AvgIpc) is 2.88. The Morgan fingerprint density at radius 3 is 2.62 bits per heavy atom. The van der Waals surface area contributed by atoms with Crippen molar-refractivity contribution in [2.45, 2.75) is 58.8 Å². The van der Waals surface area contributed by atoms with E-state index in [1.807, 2.05) is 29.2 Å². The van der Waals surface area contributed by atoms with Crippen molar-refractivity contribution in [3.8, 4) is 0 Å². The van der Waals surface area contributed by atoms with Crippen molar-refractivity contribution >= 4 is 17.5 Å². The molecule has 2 amide bonds. The van der Waals surface area contributed by atoms with Crippen molar-refractivity contribution in [2.75, 3.05) is 18.4 Å². The quantitative estimate of drug-likeness (QED) is 0.803. The number of anilines is 1. The summed E-state index contributed by atoms with van der Waals surface area (Å²) in [5, 5.41) is 3.05. The summed E-state index contributed by atoms with van der Waals surface area (Å²) in [6.07, 6.45) is 3.61. The number of hydrogen-bond donors (Lipinski definition) is 1. The molecule has 24 heavy (non-hydrogen) atoms. The van der Waals surface area contributed by atoms with E-state index < -0.39 is 0 Å². The van der Waals surface area contributed by atoms with E-state index in [2.05, 4.69) is 33.0 Å². The summed E-state index contributed by atoms with van der Waals surface area (Å²) < 4.78 is 0. The highest BCUT2D eigenvalue weighted by Gasteiger charge is 2.34. The Hall–Kier alpha value is -1.84. The molecule has 1 atom stereocenters. The van der Waals surface area contributed by atoms with Crippen LogP contribution >= 0.6 is 0 Å². The van der Waals surface area contributed by atoms with Crippen LogP contribution < -0.4 is 5.32 Å². The molecule has 0 spiro atoms. The van der Waals surface area contributed by atoms with Gasteiger partial charge in [-0.05, 0) is 23.5 Å². The van der Waals surface area contributed by atoms with Gasteiger partial charge in [0.1, 0.15) is 0 Å². The van der Waals surface area contributed by atoms with E-state index in [4.69, 9.17) is 0 Å². The molecule has 0 radical (unpaired) electrons. The largest absolute Gasteiger partial charge is 0.342 e. The molecule has 132 valence electrons. The molecule has 0 aliphatic carbocycles. The maximum Gasteiger partial charge on any atom is 0.229 e. The molecule has 0 aromatic heterocycles. The first-order valence-corrected chi connectivity index (χ1v) is 9.01. The van der Waals surface area contributed by atoms with Gasteiger partial charge in [-0.15, -0.1) is 0 Å². The molecule has 1 N–H and O–H groups in total. The Morgan fingerprint density at radius 2 is 1.96 bits per heavy atom. The molecule has 0 saturated carbocycles. The van der Waals surface area contributed by atoms with Crippen LogP contribution in [0.15, 0.2) is 24.3 Å². The first-order chi connectivity index (χ1) is 11.3. The summed E-state index contributed by atoms with van der Waals surface area (Å²) in [7, 11) is 0. The van der Waals surface area contributed by atoms with Crippen molar-refractivity contribution in [1.29, 1.82) is 0 Å². The van der Waals surface area contributed by atoms with Crippen LogP contribution in [0.3, 0.4) is 0 Å². The lowest BCUT2D eigenvalue weighted by Crippen LogP contribution is -2.29. The van der Waals surface area contributed by atoms with Gasteiger partial charge in [-0.2, -0.15) is 0 Å². The topological polar surface area (TPSA) is 49.4 Å². The minimum atomic E-state index is -0.243. The Balaban J connectivity index is 2.00. The normalized spacial score (nSPS) is 18.1. The van der Waals surface area contributed by atoms with Crippen molar-refractivity contribution in [2.24, 2.45) is 5.92 Å². The van der Waals surface area contributed by atoms with Gasteiger partial charge in [-0.1, -0.05) is 58.7 Å². The predicted octanol–water partition coefficient (Wildman–Crippen LogP) is 3.96. The number of carbonyl (C=O) groups is 2. The molecule has 0 bridgehead atoms. The van der Waals surface area contributed by atoms with Gasteiger partial charge in [0.05, 0.1) is 5.92 Å². The van der Waals surface area contributed by atoms with E-state index in [-0.39, 0.29) is 23.1 Å². The standard InChI is InChI=1S/C20H30N2O2/c1-5-6-9-12-22-14-15(13-18(22)23)19(24)21-17-11-8-7-10-16(17)20(2,3)4/h7-8,10-11,15H,5-6,9,12-14H2,1-4H3,(H,21,24). The zero-order valence-electron chi connectivity index (χ0n) is 15.4. The monoisotopic (exact) mass is 330 g/mol. The van der Waals surface area contributed by atoms with E-state index >= 15 is 0 Å². The molecule has 4 nitrogen and oxygen atoms in total. The highest BCUT2D eigenvalue weighted by atomic mass is 16.2. The summed E-state index contributed by atoms with van der Waals surface area (Å²) in [4.78, 5) is 26.6. The molecule has 1 aliphatic rings. The Labute approximate surface area is 145 Å². The van der Waals surface area contributed by atoms with E-state index in [1.165, 1.54) is 0 Å². The first-order valence-electron chi connectivity index (χ1n) is 9.01. The van der Waals surface area contributed by atoms with Gasteiger partial charge in [-0.3, -0.25) is 9.59 Å². The number of hydrogen-bond acceptors (Lipinski definition) is 2. The second-order valence-corrected chi connectivity index (χ2v) is 7.73. The van der Waals surface area contributed by atoms with Crippen LogP contribution in [0, 0.1) is 5.92 Å². The second-order valence-electron chi connectivity index (χ2n) is 7.73. The van der Waals surface area contributed by atoms with Crippen LogP contribution in [-0.2, 0) is 15.0 Å². The van der Waals surface area contributed by atoms with Gasteiger partial charge < -0.3 is 10.2 Å². The number of para-hydroxylation sites is 1. The molecule has 1 fully saturated rings. The zero-order valence-corrected chi connectivity index (χ0v) is 15.4. The maximum absolute atomic E-state index is 12.6. The fraction of sp³-hybridized carbons (Fsp3) is 0.600. The Bertz CT molecular complexity index is 590. The van der Waals surface area contributed by atoms with Gasteiger partial charge in [0.25, 0.3) is 0 Å². The molecule has 4 heteroatoms. The predicted molar refractivity (Wildman–Crippen MR) is 98.0 cm³/mol. The molecule has 1 aliphatic heterocycles. The maximum atomic E-state index is 12.6. The molecule has 1 aromatic rings. The first kappa shape index (κ1) is 18.5. The van der Waals surface area contributed by atoms with Crippen LogP contribution in [0.5, 0.6) is 0 Å². The minimum Gasteiger partial charge on any atom is -0.342 e. The molecule has 1 saturated heterocycles. The van der Waals surface area contributed by atoms with E-state index in [0.29, 0.717) is 13.0 Å².